The van der Waals surface area contributed by atoms with Crippen LogP contribution < -0.4 is 5.56 Å². The van der Waals surface area contributed by atoms with Crippen LogP contribution >= 0.6 is 0 Å². The largest absolute Gasteiger partial charge is 0.305 e. The molecular weight excluding hydrogens is 216 g/mol. The van der Waals surface area contributed by atoms with Crippen molar-refractivity contribution in [2.75, 3.05) is 0 Å². The lowest BCUT2D eigenvalue weighted by atomic mass is 9.92. The molecule has 0 amide bonds. The van der Waals surface area contributed by atoms with Crippen LogP contribution in [0.25, 0.3) is 11.5 Å². The Morgan fingerprint density at radius 3 is 2.59 bits per heavy atom. The van der Waals surface area contributed by atoms with Crippen LogP contribution in [0.15, 0.2) is 23.1 Å². The quantitative estimate of drug-likeness (QED) is 0.809. The number of aromatic amines is 1. The van der Waals surface area contributed by atoms with Crippen LogP contribution in [-0.4, -0.2) is 19.7 Å². The third-order valence-corrected chi connectivity index (χ3v) is 2.57. The van der Waals surface area contributed by atoms with Crippen LogP contribution in [0.4, 0.5) is 0 Å². The Balaban J connectivity index is 2.61. The van der Waals surface area contributed by atoms with E-state index in [0.29, 0.717) is 5.82 Å². The average Bonchev–Trinajstić information content (AvgIpc) is 2.62. The van der Waals surface area contributed by atoms with Crippen molar-refractivity contribution in [2.45, 2.75) is 26.2 Å². The van der Waals surface area contributed by atoms with Gasteiger partial charge in [-0.25, -0.2) is 4.98 Å². The summed E-state index contributed by atoms with van der Waals surface area (Å²) in [5, 5.41) is 4.07. The third kappa shape index (κ3) is 2.27. The van der Waals surface area contributed by atoms with Crippen molar-refractivity contribution in [1.29, 1.82) is 0 Å². The molecule has 0 radical (unpaired) electrons. The Bertz CT molecular complexity index is 589. The molecule has 2 aromatic heterocycles. The van der Waals surface area contributed by atoms with E-state index in [0.717, 1.165) is 11.4 Å². The summed E-state index contributed by atoms with van der Waals surface area (Å²) in [4.78, 5) is 18.9. The highest BCUT2D eigenvalue weighted by Gasteiger charge is 2.18. The zero-order valence-corrected chi connectivity index (χ0v) is 10.5. The molecule has 5 nitrogen and oxygen atoms in total. The molecule has 1 N–H and O–H groups in total. The van der Waals surface area contributed by atoms with Crippen molar-refractivity contribution in [3.8, 4) is 11.5 Å². The molecule has 0 aliphatic carbocycles. The van der Waals surface area contributed by atoms with Gasteiger partial charge >= 0.3 is 0 Å². The van der Waals surface area contributed by atoms with Crippen molar-refractivity contribution in [2.24, 2.45) is 7.05 Å². The van der Waals surface area contributed by atoms with E-state index in [1.54, 1.807) is 16.9 Å². The smallest absolute Gasteiger partial charge is 0.251 e. The van der Waals surface area contributed by atoms with E-state index in [1.807, 2.05) is 33.9 Å². The minimum Gasteiger partial charge on any atom is -0.305 e. The van der Waals surface area contributed by atoms with Crippen molar-refractivity contribution in [3.05, 3.63) is 34.4 Å². The van der Waals surface area contributed by atoms with Crippen LogP contribution in [0.1, 0.15) is 26.5 Å². The van der Waals surface area contributed by atoms with Crippen molar-refractivity contribution < 1.29 is 0 Å². The molecule has 5 heteroatoms. The zero-order valence-electron chi connectivity index (χ0n) is 10.5. The number of hydrogen-bond donors (Lipinski definition) is 1. The minimum atomic E-state index is -0.151. The van der Waals surface area contributed by atoms with E-state index in [1.165, 1.54) is 0 Å². The molecular formula is C12H16N4O. The number of aromatic nitrogens is 4. The number of aryl methyl sites for hydroxylation is 1. The van der Waals surface area contributed by atoms with Gasteiger partial charge in [0.2, 0.25) is 0 Å². The number of H-pyrrole nitrogens is 1. The van der Waals surface area contributed by atoms with Gasteiger partial charge in [0.25, 0.3) is 5.56 Å². The van der Waals surface area contributed by atoms with Crippen LogP contribution in [0.2, 0.25) is 0 Å². The second-order valence-electron chi connectivity index (χ2n) is 5.07. The van der Waals surface area contributed by atoms with E-state index in [-0.39, 0.29) is 11.0 Å². The highest BCUT2D eigenvalue weighted by Crippen LogP contribution is 2.20. The molecule has 2 rings (SSSR count). The summed E-state index contributed by atoms with van der Waals surface area (Å²) in [7, 11) is 1.82. The van der Waals surface area contributed by atoms with Crippen molar-refractivity contribution >= 4 is 0 Å². The SMILES string of the molecule is Cn1nccc1-c1nc(C(C)(C)C)cc(=O)[nH]1. The monoisotopic (exact) mass is 232 g/mol. The van der Waals surface area contributed by atoms with Crippen LogP contribution in [0.5, 0.6) is 0 Å². The Labute approximate surface area is 99.5 Å². The average molecular weight is 232 g/mol. The first-order valence-corrected chi connectivity index (χ1v) is 5.48. The molecule has 90 valence electrons. The molecule has 0 spiro atoms. The van der Waals surface area contributed by atoms with Gasteiger partial charge in [0.05, 0.1) is 5.69 Å². The van der Waals surface area contributed by atoms with Gasteiger partial charge in [-0.15, -0.1) is 0 Å². The maximum Gasteiger partial charge on any atom is 0.251 e. The van der Waals surface area contributed by atoms with Gasteiger partial charge in [-0.05, 0) is 6.07 Å². The van der Waals surface area contributed by atoms with Gasteiger partial charge in [0, 0.05) is 24.7 Å². The first-order chi connectivity index (χ1) is 7.88. The predicted octanol–water partition coefficient (Wildman–Crippen LogP) is 1.47. The fourth-order valence-electron chi connectivity index (χ4n) is 1.57. The molecule has 0 bridgehead atoms. The lowest BCUT2D eigenvalue weighted by Crippen LogP contribution is -2.20. The van der Waals surface area contributed by atoms with Crippen LogP contribution in [-0.2, 0) is 12.5 Å². The summed E-state index contributed by atoms with van der Waals surface area (Å²) in [5.74, 6) is 0.558. The van der Waals surface area contributed by atoms with Crippen LogP contribution in [0.3, 0.4) is 0 Å². The first-order valence-electron chi connectivity index (χ1n) is 5.48. The molecule has 17 heavy (non-hydrogen) atoms. The summed E-state index contributed by atoms with van der Waals surface area (Å²) >= 11 is 0. The van der Waals surface area contributed by atoms with E-state index < -0.39 is 0 Å². The number of nitrogens with zero attached hydrogens (tertiary/aromatic N) is 3. The summed E-state index contributed by atoms with van der Waals surface area (Å²) in [5.41, 5.74) is 1.29. The van der Waals surface area contributed by atoms with E-state index >= 15 is 0 Å². The zero-order chi connectivity index (χ0) is 12.6. The van der Waals surface area contributed by atoms with E-state index in [2.05, 4.69) is 15.1 Å². The normalized spacial score (nSPS) is 11.8. The maximum absolute atomic E-state index is 11.6. The molecule has 0 fully saturated rings. The van der Waals surface area contributed by atoms with Crippen molar-refractivity contribution in [1.82, 2.24) is 19.7 Å². The molecule has 0 unspecified atom stereocenters. The molecule has 0 atom stereocenters. The molecule has 2 heterocycles. The summed E-state index contributed by atoms with van der Waals surface area (Å²) in [6, 6.07) is 3.37. The van der Waals surface area contributed by atoms with Gasteiger partial charge in [0.1, 0.15) is 5.69 Å². The van der Waals surface area contributed by atoms with Gasteiger partial charge in [-0.1, -0.05) is 20.8 Å². The van der Waals surface area contributed by atoms with Gasteiger partial charge in [0.15, 0.2) is 5.82 Å². The van der Waals surface area contributed by atoms with Gasteiger partial charge in [-0.3, -0.25) is 9.48 Å². The summed E-state index contributed by atoms with van der Waals surface area (Å²) in [6.45, 7) is 6.09. The second-order valence-corrected chi connectivity index (χ2v) is 5.07. The fourth-order valence-corrected chi connectivity index (χ4v) is 1.57. The molecule has 0 aliphatic heterocycles. The van der Waals surface area contributed by atoms with Gasteiger partial charge in [-0.2, -0.15) is 5.10 Å². The van der Waals surface area contributed by atoms with Crippen molar-refractivity contribution in [3.63, 3.8) is 0 Å². The Kier molecular flexibility index (Phi) is 2.61. The fraction of sp³-hybridized carbons (Fsp3) is 0.417. The minimum absolute atomic E-state index is 0.138. The first kappa shape index (κ1) is 11.6. The molecule has 0 saturated heterocycles. The third-order valence-electron chi connectivity index (χ3n) is 2.57. The van der Waals surface area contributed by atoms with Gasteiger partial charge < -0.3 is 4.98 Å². The summed E-state index contributed by atoms with van der Waals surface area (Å²) in [6.07, 6.45) is 1.68. The number of hydrogen-bond acceptors (Lipinski definition) is 3. The highest BCUT2D eigenvalue weighted by molar-refractivity contribution is 5.48. The number of nitrogens with one attached hydrogen (secondary N) is 1. The Morgan fingerprint density at radius 2 is 2.06 bits per heavy atom. The molecule has 0 aromatic carbocycles. The second kappa shape index (κ2) is 3.84. The lowest BCUT2D eigenvalue weighted by Gasteiger charge is -2.17. The Morgan fingerprint density at radius 1 is 1.35 bits per heavy atom. The Hall–Kier alpha value is -1.91. The molecule has 0 aliphatic rings. The maximum atomic E-state index is 11.6. The van der Waals surface area contributed by atoms with E-state index in [9.17, 15) is 4.79 Å². The molecule has 2 aromatic rings. The topological polar surface area (TPSA) is 63.6 Å². The lowest BCUT2D eigenvalue weighted by molar-refractivity contribution is 0.566. The highest BCUT2D eigenvalue weighted by atomic mass is 16.1. The number of rotatable bonds is 1. The predicted molar refractivity (Wildman–Crippen MR) is 65.8 cm³/mol. The van der Waals surface area contributed by atoms with Crippen LogP contribution in [0, 0.1) is 0 Å². The summed E-state index contributed by atoms with van der Waals surface area (Å²) < 4.78 is 1.69. The molecule has 0 saturated carbocycles. The van der Waals surface area contributed by atoms with E-state index in [4.69, 9.17) is 0 Å². The standard InChI is InChI=1S/C12H16N4O/c1-12(2,3)9-7-10(17)15-11(14-9)8-5-6-13-16(8)4/h5-7H,1-4H3,(H,14,15,17).